The van der Waals surface area contributed by atoms with E-state index in [1.54, 1.807) is 6.92 Å². The van der Waals surface area contributed by atoms with Gasteiger partial charge in [0, 0.05) is 40.0 Å². The van der Waals surface area contributed by atoms with Gasteiger partial charge in [0.2, 0.25) is 5.91 Å². The number of ketones is 1. The Bertz CT molecular complexity index is 1430. The number of Topliss-reactive ketones (excluding diaryl/α,β-unsaturated/α-hetero) is 1. The molecule has 0 radical (unpaired) electrons. The molecule has 0 bridgehead atoms. The van der Waals surface area contributed by atoms with Crippen LogP contribution in [0.25, 0.3) is 0 Å². The van der Waals surface area contributed by atoms with Gasteiger partial charge in [-0.25, -0.2) is 4.79 Å². The molecule has 1 aromatic carbocycles. The Labute approximate surface area is 332 Å². The third-order valence-corrected chi connectivity index (χ3v) is 9.59. The van der Waals surface area contributed by atoms with Gasteiger partial charge in [-0.2, -0.15) is 0 Å². The number of ether oxygens (including phenoxy) is 7. The summed E-state index contributed by atoms with van der Waals surface area (Å²) in [4.78, 5) is 52.0. The molecule has 57 heavy (non-hydrogen) atoms. The van der Waals surface area contributed by atoms with Gasteiger partial charge in [-0.3, -0.25) is 14.4 Å². The zero-order chi connectivity index (χ0) is 41.9. The Morgan fingerprint density at radius 1 is 0.877 bits per heavy atom. The highest BCUT2D eigenvalue weighted by molar-refractivity contribution is 5.91. The number of esters is 1. The highest BCUT2D eigenvalue weighted by Gasteiger charge is 2.49. The van der Waals surface area contributed by atoms with Crippen LogP contribution in [-0.4, -0.2) is 157 Å². The zero-order valence-electron chi connectivity index (χ0n) is 32.6. The van der Waals surface area contributed by atoms with Crippen LogP contribution in [0, 0.1) is 18.3 Å². The molecule has 0 aliphatic carbocycles. The van der Waals surface area contributed by atoms with Crippen LogP contribution >= 0.6 is 0 Å². The second-order valence-corrected chi connectivity index (χ2v) is 13.8. The van der Waals surface area contributed by atoms with E-state index in [1.807, 2.05) is 30.3 Å². The minimum atomic E-state index is -1.66. The van der Waals surface area contributed by atoms with E-state index in [4.69, 9.17) is 39.6 Å². The van der Waals surface area contributed by atoms with Gasteiger partial charge in [0.05, 0.1) is 31.8 Å². The summed E-state index contributed by atoms with van der Waals surface area (Å²) in [6.45, 7) is 1.23. The molecule has 2 heterocycles. The maximum Gasteiger partial charge on any atom is 0.407 e. The van der Waals surface area contributed by atoms with Crippen molar-refractivity contribution in [3.05, 3.63) is 35.9 Å². The number of methoxy groups -OCH3 is 2. The van der Waals surface area contributed by atoms with Crippen LogP contribution in [0.5, 0.6) is 0 Å². The number of carbonyl (C=O) groups is 4. The van der Waals surface area contributed by atoms with Crippen molar-refractivity contribution < 1.29 is 77.9 Å². The molecule has 320 valence electrons. The lowest BCUT2D eigenvalue weighted by Crippen LogP contribution is -2.62. The number of amides is 2. The van der Waals surface area contributed by atoms with E-state index in [-0.39, 0.29) is 57.1 Å². The lowest BCUT2D eigenvalue weighted by molar-refractivity contribution is -0.328. The molecule has 7 N–H and O–H groups in total. The molecule has 3 rings (SSSR count). The summed E-state index contributed by atoms with van der Waals surface area (Å²) in [5, 5.41) is 57.8. The Morgan fingerprint density at radius 2 is 1.58 bits per heavy atom. The molecule has 0 aromatic heterocycles. The molecule has 0 saturated carbocycles. The lowest BCUT2D eigenvalue weighted by Gasteiger charge is -2.43. The number of hydrogen-bond donors (Lipinski definition) is 7. The van der Waals surface area contributed by atoms with Crippen molar-refractivity contribution in [2.45, 2.75) is 126 Å². The van der Waals surface area contributed by atoms with Crippen LogP contribution in [0.4, 0.5) is 4.79 Å². The molecule has 0 spiro atoms. The normalized spacial score (nSPS) is 28.3. The molecule has 2 aliphatic heterocycles. The summed E-state index contributed by atoms with van der Waals surface area (Å²) >= 11 is 0. The van der Waals surface area contributed by atoms with Gasteiger partial charge in [-0.15, -0.1) is 12.3 Å². The molecule has 2 amide bonds. The van der Waals surface area contributed by atoms with Gasteiger partial charge in [-0.1, -0.05) is 36.8 Å². The summed E-state index contributed by atoms with van der Waals surface area (Å²) in [5.41, 5.74) is 0.834. The Kier molecular flexibility index (Phi) is 20.8. The van der Waals surface area contributed by atoms with Crippen molar-refractivity contribution in [3.63, 3.8) is 0 Å². The zero-order valence-corrected chi connectivity index (χ0v) is 32.6. The van der Waals surface area contributed by atoms with Gasteiger partial charge in [0.15, 0.2) is 24.5 Å². The van der Waals surface area contributed by atoms with Crippen molar-refractivity contribution in [3.8, 4) is 12.3 Å². The number of unbranched alkanes of at least 4 members (excludes halogenated alkanes) is 2. The highest BCUT2D eigenvalue weighted by atomic mass is 16.7. The monoisotopic (exact) mass is 810 g/mol. The Balaban J connectivity index is 1.54. The average Bonchev–Trinajstić information content (AvgIpc) is 3.19. The summed E-state index contributed by atoms with van der Waals surface area (Å²) in [7, 11) is 2.58. The van der Waals surface area contributed by atoms with E-state index in [0.717, 1.165) is 5.56 Å². The van der Waals surface area contributed by atoms with Crippen LogP contribution in [0.2, 0.25) is 0 Å². The third kappa shape index (κ3) is 14.9. The van der Waals surface area contributed by atoms with Crippen molar-refractivity contribution in [2.75, 3.05) is 40.6 Å². The second kappa shape index (κ2) is 24.9. The quantitative estimate of drug-likeness (QED) is 0.0417. The van der Waals surface area contributed by atoms with Crippen molar-refractivity contribution in [1.29, 1.82) is 0 Å². The van der Waals surface area contributed by atoms with Gasteiger partial charge < -0.3 is 69.3 Å². The van der Waals surface area contributed by atoms with E-state index >= 15 is 0 Å². The lowest BCUT2D eigenvalue weighted by atomic mass is 9.91. The number of rotatable bonds is 23. The fraction of sp³-hybridized carbons (Fsp3) is 0.692. The molecule has 1 aromatic rings. The first kappa shape index (κ1) is 47.6. The Morgan fingerprint density at radius 3 is 2.25 bits per heavy atom. The summed E-state index contributed by atoms with van der Waals surface area (Å²) in [6.07, 6.45) is -8.28. The minimum Gasteiger partial charge on any atom is -0.466 e. The Hall–Kier alpha value is -3.74. The molecular weight excluding hydrogens is 752 g/mol. The van der Waals surface area contributed by atoms with E-state index in [0.29, 0.717) is 25.7 Å². The van der Waals surface area contributed by atoms with E-state index in [9.17, 15) is 44.7 Å². The minimum absolute atomic E-state index is 0.0655. The van der Waals surface area contributed by atoms with Gasteiger partial charge in [0.25, 0.3) is 0 Å². The summed E-state index contributed by atoms with van der Waals surface area (Å²) in [6, 6.07) is 8.31. The van der Waals surface area contributed by atoms with Crippen LogP contribution in [0.1, 0.15) is 57.4 Å². The van der Waals surface area contributed by atoms with Gasteiger partial charge >= 0.3 is 12.1 Å². The fourth-order valence-corrected chi connectivity index (χ4v) is 6.45. The van der Waals surface area contributed by atoms with Crippen LogP contribution in [0.3, 0.4) is 0 Å². The number of aliphatic hydroxyl groups excluding tert-OH is 5. The predicted molar refractivity (Wildman–Crippen MR) is 199 cm³/mol. The van der Waals surface area contributed by atoms with E-state index in [2.05, 4.69) is 16.6 Å². The number of terminal acetylenes is 1. The number of alkyl carbamates (subject to hydrolysis) is 1. The molecule has 2 saturated heterocycles. The first-order valence-electron chi connectivity index (χ1n) is 19.1. The number of carbonyl (C=O) groups excluding carboxylic acids is 4. The van der Waals surface area contributed by atoms with Crippen LogP contribution in [-0.2, 0) is 54.0 Å². The highest BCUT2D eigenvalue weighted by Crippen LogP contribution is 2.27. The third-order valence-electron chi connectivity index (χ3n) is 9.59. The number of nitrogens with one attached hydrogen (secondary N) is 2. The van der Waals surface area contributed by atoms with Crippen LogP contribution < -0.4 is 10.6 Å². The summed E-state index contributed by atoms with van der Waals surface area (Å²) < 4.78 is 37.4. The molecule has 2 aliphatic rings. The van der Waals surface area contributed by atoms with E-state index < -0.39 is 92.0 Å². The van der Waals surface area contributed by atoms with E-state index in [1.165, 1.54) is 14.2 Å². The van der Waals surface area contributed by atoms with Gasteiger partial charge in [-0.05, 0) is 38.2 Å². The van der Waals surface area contributed by atoms with Crippen LogP contribution in [0.15, 0.2) is 30.3 Å². The second-order valence-electron chi connectivity index (χ2n) is 13.8. The molecule has 4 unspecified atom stereocenters. The molecule has 18 heteroatoms. The van der Waals surface area contributed by atoms with Crippen molar-refractivity contribution in [2.24, 2.45) is 5.92 Å². The molecule has 2 fully saturated rings. The topological polar surface area (TPSA) is 258 Å². The first-order valence-corrected chi connectivity index (χ1v) is 19.1. The molecule has 12 atom stereocenters. The smallest absolute Gasteiger partial charge is 0.407 e. The number of hydrogen-bond acceptors (Lipinski definition) is 16. The maximum absolute atomic E-state index is 13.6. The van der Waals surface area contributed by atoms with Crippen molar-refractivity contribution >= 4 is 23.8 Å². The largest absolute Gasteiger partial charge is 0.466 e. The van der Waals surface area contributed by atoms with Crippen molar-refractivity contribution in [1.82, 2.24) is 10.6 Å². The summed E-state index contributed by atoms with van der Waals surface area (Å²) in [5.74, 6) is 0.473. The number of benzene rings is 1. The van der Waals surface area contributed by atoms with Gasteiger partial charge in [0.1, 0.15) is 42.7 Å². The fourth-order valence-electron chi connectivity index (χ4n) is 6.45. The number of aliphatic hydroxyl groups is 5. The SMILES string of the molecule is C#CCCCC(=O)N[C@H](Cc1ccccc1)C(=O)C[C@@H](CCCCNC(=O)O[C@@H]1C(O)[C@@H](OC)OC(CO[C@@H]2OC(COC)[C@@H](O)[C@H](O)C2O)[C@H]1O)C(=O)OCC. The average molecular weight is 811 g/mol. The molecule has 18 nitrogen and oxygen atoms in total. The first-order chi connectivity index (χ1) is 27.3. The predicted octanol–water partition coefficient (Wildman–Crippen LogP) is -0.515. The maximum atomic E-state index is 13.6. The molecular formula is C39H58N2O16. The standard InChI is InChI=1S/C39H58N2O16/c1-5-7-9-17-29(43)41-25(19-23-14-10-8-11-15-23)26(42)20-24(36(49)53-6-2)16-12-13-18-40-39(50)57-35-31(45)28(55-37(52-4)34(35)48)22-54-38-33(47)32(46)30(44)27(56-38)21-51-3/h1,8,10-11,14-15,24-25,27-28,30-35,37-38,44-48H,6-7,9,12-13,16-22H2,2-4H3,(H,40,50)(H,41,43)/t24-,25-,27?,28?,30-,31-,32+,33?,34?,35+,37+,38-/m1/s1.